The molecule has 0 amide bonds. The number of benzene rings is 2. The number of thiophene rings is 1. The molecule has 4 nitrogen and oxygen atoms in total. The lowest BCUT2D eigenvalue weighted by molar-refractivity contribution is 0.00578. The second-order valence-electron chi connectivity index (χ2n) is 12.5. The molecule has 7 heteroatoms. The van der Waals surface area contributed by atoms with Gasteiger partial charge < -0.3 is 19.1 Å². The van der Waals surface area contributed by atoms with Crippen LogP contribution in [0.15, 0.2) is 30.3 Å². The topological polar surface area (TPSA) is 24.9 Å². The second kappa shape index (κ2) is 10.1. The Balaban J connectivity index is 1.94. The van der Waals surface area contributed by atoms with Crippen LogP contribution in [0.5, 0.6) is 0 Å². The Labute approximate surface area is 235 Å². The molecule has 0 spiro atoms. The molecule has 0 N–H and O–H groups in total. The number of rotatable bonds is 6. The van der Waals surface area contributed by atoms with E-state index in [0.29, 0.717) is 0 Å². The van der Waals surface area contributed by atoms with Gasteiger partial charge in [-0.2, -0.15) is 11.3 Å². The molecule has 0 aliphatic carbocycles. The van der Waals surface area contributed by atoms with Crippen molar-refractivity contribution in [2.75, 3.05) is 38.0 Å². The Hall–Kier alpha value is -2.21. The van der Waals surface area contributed by atoms with Crippen LogP contribution in [0.25, 0.3) is 0 Å². The van der Waals surface area contributed by atoms with E-state index < -0.39 is 0 Å². The average molecular weight is 530 g/mol. The maximum absolute atomic E-state index is 6.47. The van der Waals surface area contributed by atoms with E-state index in [1.807, 2.05) is 11.3 Å². The van der Waals surface area contributed by atoms with Gasteiger partial charge in [0.25, 0.3) is 6.71 Å². The van der Waals surface area contributed by atoms with Crippen molar-refractivity contribution in [1.29, 1.82) is 0 Å². The molecular formula is C31H44B2N2O2S. The first-order valence-corrected chi connectivity index (χ1v) is 14.4. The maximum Gasteiger partial charge on any atom is 0.505 e. The van der Waals surface area contributed by atoms with Crippen molar-refractivity contribution in [1.82, 2.24) is 0 Å². The van der Waals surface area contributed by atoms with Gasteiger partial charge in [0.1, 0.15) is 0 Å². The third kappa shape index (κ3) is 5.05. The van der Waals surface area contributed by atoms with Crippen molar-refractivity contribution in [2.45, 2.75) is 73.5 Å². The molecule has 0 radical (unpaired) electrons. The highest BCUT2D eigenvalue weighted by atomic mass is 32.1. The fourth-order valence-electron chi connectivity index (χ4n) is 5.62. The second-order valence-corrected chi connectivity index (χ2v) is 13.6. The minimum Gasteiger partial charge on any atom is -0.399 e. The normalized spacial score (nSPS) is 16.2. The van der Waals surface area contributed by atoms with Gasteiger partial charge in [-0.15, -0.1) is 0 Å². The lowest BCUT2D eigenvalue weighted by Crippen LogP contribution is -2.55. The lowest BCUT2D eigenvalue weighted by atomic mass is 9.36. The molecule has 0 saturated carbocycles. The molecule has 1 aliphatic heterocycles. The van der Waals surface area contributed by atoms with E-state index in [9.17, 15) is 0 Å². The highest BCUT2D eigenvalue weighted by Crippen LogP contribution is 2.37. The van der Waals surface area contributed by atoms with Crippen LogP contribution in [0.1, 0.15) is 55.5 Å². The molecule has 1 fully saturated rings. The number of aryl methyl sites for hydroxylation is 5. The van der Waals surface area contributed by atoms with E-state index in [4.69, 9.17) is 9.31 Å². The summed E-state index contributed by atoms with van der Waals surface area (Å²) >= 11 is 1.84. The maximum atomic E-state index is 6.47. The van der Waals surface area contributed by atoms with Crippen molar-refractivity contribution >= 4 is 57.0 Å². The van der Waals surface area contributed by atoms with E-state index in [1.165, 1.54) is 54.9 Å². The van der Waals surface area contributed by atoms with E-state index in [2.05, 4.69) is 131 Å². The molecule has 2 aromatic carbocycles. The Kier molecular flexibility index (Phi) is 7.63. The van der Waals surface area contributed by atoms with E-state index >= 15 is 0 Å². The van der Waals surface area contributed by atoms with Crippen LogP contribution in [-0.4, -0.2) is 53.2 Å². The van der Waals surface area contributed by atoms with Crippen LogP contribution in [0.2, 0.25) is 0 Å². The average Bonchev–Trinajstić information content (AvgIpc) is 3.26. The summed E-state index contributed by atoms with van der Waals surface area (Å²) in [5.41, 5.74) is 11.1. The highest BCUT2D eigenvalue weighted by Gasteiger charge is 2.52. The van der Waals surface area contributed by atoms with Gasteiger partial charge >= 0.3 is 7.12 Å². The van der Waals surface area contributed by atoms with Crippen LogP contribution < -0.4 is 30.3 Å². The molecule has 0 unspecified atom stereocenters. The van der Waals surface area contributed by atoms with Crippen LogP contribution in [0.3, 0.4) is 0 Å². The van der Waals surface area contributed by atoms with E-state index in [0.717, 1.165) is 4.78 Å². The number of hydrogen-bond donors (Lipinski definition) is 0. The van der Waals surface area contributed by atoms with E-state index in [1.54, 1.807) is 0 Å². The summed E-state index contributed by atoms with van der Waals surface area (Å²) in [5.74, 6) is 0. The predicted molar refractivity (Wildman–Crippen MR) is 170 cm³/mol. The molecule has 0 atom stereocenters. The van der Waals surface area contributed by atoms with Gasteiger partial charge in [-0.25, -0.2) is 0 Å². The van der Waals surface area contributed by atoms with Gasteiger partial charge in [-0.1, -0.05) is 33.2 Å². The minimum atomic E-state index is -0.362. The third-order valence-electron chi connectivity index (χ3n) is 8.49. The standard InChI is InChI=1S/C31H44B2N2O2S/c1-19-14-24(34(10)11)15-20(2)27(19)32(28-21(3)16-25(35(12)13)17-22(28)4)29-23(5)18-26(38-29)33-36-30(6,7)31(8,9)37-33/h14-18H,1-13H3. The Morgan fingerprint density at radius 1 is 0.632 bits per heavy atom. The predicted octanol–water partition coefficient (Wildman–Crippen LogP) is 4.24. The molecule has 1 aromatic heterocycles. The van der Waals surface area contributed by atoms with Crippen LogP contribution >= 0.6 is 11.3 Å². The Morgan fingerprint density at radius 3 is 1.34 bits per heavy atom. The fraction of sp³-hybridized carbons (Fsp3) is 0.484. The molecule has 0 bridgehead atoms. The summed E-state index contributed by atoms with van der Waals surface area (Å²) in [7, 11) is 8.09. The van der Waals surface area contributed by atoms with Gasteiger partial charge in [0.2, 0.25) is 0 Å². The first kappa shape index (κ1) is 28.8. The van der Waals surface area contributed by atoms with Crippen molar-refractivity contribution in [3.8, 4) is 0 Å². The Morgan fingerprint density at radius 2 is 1.00 bits per heavy atom. The van der Waals surface area contributed by atoms with Gasteiger partial charge in [0.15, 0.2) is 0 Å². The largest absolute Gasteiger partial charge is 0.505 e. The fourth-order valence-corrected chi connectivity index (χ4v) is 6.88. The molecule has 2 heterocycles. The summed E-state index contributed by atoms with van der Waals surface area (Å²) in [6, 6.07) is 11.6. The summed E-state index contributed by atoms with van der Waals surface area (Å²) in [6.07, 6.45) is 0. The molecule has 1 aliphatic rings. The zero-order chi connectivity index (χ0) is 28.3. The minimum absolute atomic E-state index is 0.128. The third-order valence-corrected chi connectivity index (χ3v) is 9.81. The molecule has 1 saturated heterocycles. The summed E-state index contributed by atoms with van der Waals surface area (Å²) < 4.78 is 15.4. The van der Waals surface area contributed by atoms with Gasteiger partial charge in [0.05, 0.1) is 11.2 Å². The van der Waals surface area contributed by atoms with Gasteiger partial charge in [-0.05, 0) is 103 Å². The van der Waals surface area contributed by atoms with Gasteiger partial charge in [-0.3, -0.25) is 0 Å². The first-order chi connectivity index (χ1) is 17.5. The van der Waals surface area contributed by atoms with Crippen molar-refractivity contribution in [3.63, 3.8) is 0 Å². The zero-order valence-corrected chi connectivity index (χ0v) is 26.5. The first-order valence-electron chi connectivity index (χ1n) is 13.6. The summed E-state index contributed by atoms with van der Waals surface area (Å²) in [4.78, 5) is 4.38. The smallest absolute Gasteiger partial charge is 0.399 e. The SMILES string of the molecule is Cc1cc(B2OC(C)(C)C(C)(C)O2)sc1B(c1c(C)cc(N(C)C)cc1C)c1c(C)cc(N(C)C)cc1C. The molecule has 38 heavy (non-hydrogen) atoms. The van der Waals surface area contributed by atoms with Crippen LogP contribution in [0, 0.1) is 34.6 Å². The number of hydrogen-bond acceptors (Lipinski definition) is 5. The molecule has 3 aromatic rings. The quantitative estimate of drug-likeness (QED) is 0.446. The Bertz CT molecular complexity index is 1230. The van der Waals surface area contributed by atoms with Crippen molar-refractivity contribution in [2.24, 2.45) is 0 Å². The van der Waals surface area contributed by atoms with Gasteiger partial charge in [0, 0.05) is 44.3 Å². The van der Waals surface area contributed by atoms with Crippen LogP contribution in [-0.2, 0) is 9.31 Å². The highest BCUT2D eigenvalue weighted by molar-refractivity contribution is 7.34. The monoisotopic (exact) mass is 530 g/mol. The van der Waals surface area contributed by atoms with E-state index in [-0.39, 0.29) is 25.0 Å². The number of anilines is 2. The number of nitrogens with zero attached hydrogens (tertiary/aromatic N) is 2. The lowest BCUT2D eigenvalue weighted by Gasteiger charge is -2.32. The van der Waals surface area contributed by atoms with Crippen molar-refractivity contribution < 1.29 is 9.31 Å². The molecular weight excluding hydrogens is 486 g/mol. The summed E-state index contributed by atoms with van der Waals surface area (Å²) in [6.45, 7) is 19.9. The van der Waals surface area contributed by atoms with Crippen molar-refractivity contribution in [3.05, 3.63) is 58.1 Å². The molecule has 4 rings (SSSR count). The van der Waals surface area contributed by atoms with Crippen LogP contribution in [0.4, 0.5) is 11.4 Å². The zero-order valence-electron chi connectivity index (χ0n) is 25.7. The molecule has 202 valence electrons. The summed E-state index contributed by atoms with van der Waals surface area (Å²) in [5, 5.41) is 0.